The van der Waals surface area contributed by atoms with E-state index >= 15 is 0 Å². The van der Waals surface area contributed by atoms with Gasteiger partial charge in [-0.05, 0) is 36.6 Å². The number of anilines is 1. The van der Waals surface area contributed by atoms with Crippen molar-refractivity contribution in [2.75, 3.05) is 11.4 Å². The molecule has 0 atom stereocenters. The quantitative estimate of drug-likeness (QED) is 0.459. The highest BCUT2D eigenvalue weighted by atomic mass is 32.2. The molecule has 3 aromatic rings. The Kier molecular flexibility index (Phi) is 5.57. The summed E-state index contributed by atoms with van der Waals surface area (Å²) < 4.78 is 26.9. The van der Waals surface area contributed by atoms with Crippen LogP contribution in [-0.2, 0) is 23.0 Å². The molecule has 0 fully saturated rings. The zero-order valence-electron chi connectivity index (χ0n) is 17.1. The summed E-state index contributed by atoms with van der Waals surface area (Å²) >= 11 is 0. The summed E-state index contributed by atoms with van der Waals surface area (Å²) in [7, 11) is -4.22. The lowest BCUT2D eigenvalue weighted by Gasteiger charge is -2.29. The van der Waals surface area contributed by atoms with Crippen LogP contribution in [0.3, 0.4) is 0 Å². The lowest BCUT2D eigenvalue weighted by atomic mass is 10.0. The van der Waals surface area contributed by atoms with Crippen molar-refractivity contribution < 1.29 is 18.1 Å². The van der Waals surface area contributed by atoms with Crippen LogP contribution in [0.25, 0.3) is 0 Å². The molecule has 0 aliphatic carbocycles. The summed E-state index contributed by atoms with van der Waals surface area (Å²) in [5.41, 5.74) is 2.58. The van der Waals surface area contributed by atoms with Crippen LogP contribution in [0.15, 0.2) is 59.6 Å². The van der Waals surface area contributed by atoms with E-state index in [2.05, 4.69) is 22.1 Å². The minimum atomic E-state index is -4.22. The first-order valence-corrected chi connectivity index (χ1v) is 11.2. The van der Waals surface area contributed by atoms with Gasteiger partial charge in [-0.3, -0.25) is 14.9 Å². The molecule has 0 spiro atoms. The fourth-order valence-corrected chi connectivity index (χ4v) is 4.45. The fraction of sp³-hybridized carbons (Fsp3) is 0.190. The summed E-state index contributed by atoms with van der Waals surface area (Å²) in [5.74, 6) is -0.414. The first kappa shape index (κ1) is 21.4. The second kappa shape index (κ2) is 8.35. The second-order valence-corrected chi connectivity index (χ2v) is 8.98. The van der Waals surface area contributed by atoms with E-state index in [9.17, 15) is 23.3 Å². The van der Waals surface area contributed by atoms with Gasteiger partial charge in [0.2, 0.25) is 5.95 Å². The number of sulfonamides is 1. The third-order valence-corrected chi connectivity index (χ3v) is 6.56. The van der Waals surface area contributed by atoms with Crippen molar-refractivity contribution in [1.82, 2.24) is 14.7 Å². The van der Waals surface area contributed by atoms with Gasteiger partial charge in [0.05, 0.1) is 21.1 Å². The van der Waals surface area contributed by atoms with Gasteiger partial charge in [0.15, 0.2) is 0 Å². The molecule has 2 heterocycles. The number of nitrogens with zero attached hydrogens (tertiary/aromatic N) is 4. The van der Waals surface area contributed by atoms with Crippen molar-refractivity contribution in [1.29, 1.82) is 0 Å². The number of nitro benzene ring substituents is 1. The highest BCUT2D eigenvalue weighted by Crippen LogP contribution is 2.22. The first-order valence-electron chi connectivity index (χ1n) is 9.71. The number of nitrogens with one attached hydrogen (secondary N) is 1. The van der Waals surface area contributed by atoms with E-state index in [1.54, 1.807) is 6.92 Å². The molecule has 1 N–H and O–H groups in total. The van der Waals surface area contributed by atoms with Crippen molar-refractivity contribution >= 4 is 27.6 Å². The van der Waals surface area contributed by atoms with Gasteiger partial charge < -0.3 is 4.90 Å². The second-order valence-electron chi connectivity index (χ2n) is 7.29. The van der Waals surface area contributed by atoms with Crippen LogP contribution in [0.1, 0.15) is 27.2 Å². The monoisotopic (exact) mass is 453 g/mol. The SMILES string of the molecule is Cc1nc(N2CCc3ccccc3C2)ncc1C(=O)NS(=O)(=O)c1ccc([N+](=O)[O-])cc1. The van der Waals surface area contributed by atoms with Crippen LogP contribution in [0.5, 0.6) is 0 Å². The molecule has 0 saturated carbocycles. The van der Waals surface area contributed by atoms with Crippen LogP contribution in [0.4, 0.5) is 11.6 Å². The molecule has 1 aromatic heterocycles. The number of non-ortho nitro benzene ring substituents is 1. The topological polar surface area (TPSA) is 135 Å². The van der Waals surface area contributed by atoms with Crippen LogP contribution in [-0.4, -0.2) is 35.8 Å². The Labute approximate surface area is 184 Å². The summed E-state index contributed by atoms with van der Waals surface area (Å²) in [4.78, 5) is 33.1. The molecule has 0 radical (unpaired) electrons. The smallest absolute Gasteiger partial charge is 0.269 e. The minimum Gasteiger partial charge on any atom is -0.336 e. The first-order chi connectivity index (χ1) is 15.2. The lowest BCUT2D eigenvalue weighted by Crippen LogP contribution is -2.33. The Morgan fingerprint density at radius 3 is 2.47 bits per heavy atom. The van der Waals surface area contributed by atoms with E-state index < -0.39 is 20.9 Å². The molecule has 1 amide bonds. The molecule has 1 aliphatic rings. The minimum absolute atomic E-state index is 0.0247. The molecule has 0 unspecified atom stereocenters. The number of rotatable bonds is 5. The van der Waals surface area contributed by atoms with Crippen LogP contribution in [0, 0.1) is 17.0 Å². The Bertz CT molecular complexity index is 1310. The third kappa shape index (κ3) is 4.28. The molecular weight excluding hydrogens is 434 g/mol. The number of aryl methyl sites for hydroxylation is 1. The normalized spacial score (nSPS) is 13.3. The maximum atomic E-state index is 12.6. The number of carbonyl (C=O) groups excluding carboxylic acids is 1. The lowest BCUT2D eigenvalue weighted by molar-refractivity contribution is -0.384. The average Bonchev–Trinajstić information content (AvgIpc) is 2.78. The number of nitro groups is 1. The molecule has 1 aliphatic heterocycles. The Morgan fingerprint density at radius 1 is 1.12 bits per heavy atom. The number of hydrogen-bond acceptors (Lipinski definition) is 8. The maximum absolute atomic E-state index is 12.6. The van der Waals surface area contributed by atoms with E-state index in [1.807, 2.05) is 21.8 Å². The number of carbonyl (C=O) groups is 1. The summed E-state index contributed by atoms with van der Waals surface area (Å²) in [5, 5.41) is 10.7. The van der Waals surface area contributed by atoms with Crippen LogP contribution < -0.4 is 9.62 Å². The summed E-state index contributed by atoms with van der Waals surface area (Å²) in [6.45, 7) is 2.99. The molecule has 0 saturated heterocycles. The van der Waals surface area contributed by atoms with E-state index in [0.29, 0.717) is 18.2 Å². The van der Waals surface area contributed by atoms with Crippen molar-refractivity contribution in [3.8, 4) is 0 Å². The molecular formula is C21H19N5O5S. The predicted molar refractivity (Wildman–Crippen MR) is 116 cm³/mol. The Balaban J connectivity index is 1.50. The number of aromatic nitrogens is 2. The Morgan fingerprint density at radius 2 is 1.81 bits per heavy atom. The standard InChI is InChI=1S/C21H19N5O5S/c1-14-19(20(27)24-32(30,31)18-8-6-17(7-9-18)26(28)29)12-22-21(23-14)25-11-10-15-4-2-3-5-16(15)13-25/h2-9,12H,10-11,13H2,1H3,(H,24,27). The zero-order valence-corrected chi connectivity index (χ0v) is 17.9. The highest BCUT2D eigenvalue weighted by molar-refractivity contribution is 7.90. The van der Waals surface area contributed by atoms with Crippen molar-refractivity contribution in [2.45, 2.75) is 24.8 Å². The molecule has 4 rings (SSSR count). The molecule has 2 aromatic carbocycles. The van der Waals surface area contributed by atoms with Gasteiger partial charge in [0.1, 0.15) is 0 Å². The van der Waals surface area contributed by atoms with Gasteiger partial charge in [-0.2, -0.15) is 0 Å². The fourth-order valence-electron chi connectivity index (χ4n) is 3.48. The number of amides is 1. The van der Waals surface area contributed by atoms with Crippen LogP contribution in [0.2, 0.25) is 0 Å². The van der Waals surface area contributed by atoms with Gasteiger partial charge in [-0.1, -0.05) is 24.3 Å². The van der Waals surface area contributed by atoms with E-state index in [1.165, 1.54) is 17.3 Å². The summed E-state index contributed by atoms with van der Waals surface area (Å²) in [6.07, 6.45) is 2.16. The summed E-state index contributed by atoms with van der Waals surface area (Å²) in [6, 6.07) is 12.4. The van der Waals surface area contributed by atoms with Gasteiger partial charge in [0.25, 0.3) is 21.6 Å². The molecule has 32 heavy (non-hydrogen) atoms. The number of fused-ring (bicyclic) bond motifs is 1. The number of benzene rings is 2. The van der Waals surface area contributed by atoms with Gasteiger partial charge in [0, 0.05) is 31.4 Å². The van der Waals surface area contributed by atoms with E-state index in [0.717, 1.165) is 37.2 Å². The highest BCUT2D eigenvalue weighted by Gasteiger charge is 2.23. The zero-order chi connectivity index (χ0) is 22.9. The predicted octanol–water partition coefficient (Wildman–Crippen LogP) is 2.37. The van der Waals surface area contributed by atoms with Crippen molar-refractivity contribution in [3.05, 3.63) is 87.2 Å². The molecule has 11 heteroatoms. The van der Waals surface area contributed by atoms with Gasteiger partial charge in [-0.25, -0.2) is 23.1 Å². The van der Waals surface area contributed by atoms with Gasteiger partial charge >= 0.3 is 0 Å². The molecule has 164 valence electrons. The number of hydrogen-bond donors (Lipinski definition) is 1. The maximum Gasteiger partial charge on any atom is 0.269 e. The van der Waals surface area contributed by atoms with Gasteiger partial charge in [-0.15, -0.1) is 0 Å². The Hall–Kier alpha value is -3.86. The molecule has 0 bridgehead atoms. The van der Waals surface area contributed by atoms with E-state index in [4.69, 9.17) is 0 Å². The van der Waals surface area contributed by atoms with Crippen molar-refractivity contribution in [3.63, 3.8) is 0 Å². The average molecular weight is 453 g/mol. The van der Waals surface area contributed by atoms with Crippen LogP contribution >= 0.6 is 0 Å². The molecule has 10 nitrogen and oxygen atoms in total. The largest absolute Gasteiger partial charge is 0.336 e. The van der Waals surface area contributed by atoms with E-state index in [-0.39, 0.29) is 16.1 Å². The third-order valence-electron chi connectivity index (χ3n) is 5.21. The van der Waals surface area contributed by atoms with Crippen molar-refractivity contribution in [2.24, 2.45) is 0 Å².